The standard InChI is InChI=1S/C12H11BrClF3O2/c13-7-5-9(14)11(18-8-3-1-2-4-8)10(6-7)19-12(15,16)17/h5-6,8H,1-4H2. The van der Waals surface area contributed by atoms with E-state index in [1.54, 1.807) is 0 Å². The lowest BCUT2D eigenvalue weighted by Gasteiger charge is -2.19. The molecule has 2 nitrogen and oxygen atoms in total. The lowest BCUT2D eigenvalue weighted by molar-refractivity contribution is -0.275. The van der Waals surface area contributed by atoms with Crippen LogP contribution in [-0.2, 0) is 0 Å². The van der Waals surface area contributed by atoms with Crippen LogP contribution in [0.3, 0.4) is 0 Å². The molecule has 1 fully saturated rings. The van der Waals surface area contributed by atoms with E-state index in [-0.39, 0.29) is 16.9 Å². The molecule has 0 unspecified atom stereocenters. The Morgan fingerprint density at radius 3 is 2.42 bits per heavy atom. The summed E-state index contributed by atoms with van der Waals surface area (Å²) in [6.45, 7) is 0. The number of halogens is 5. The van der Waals surface area contributed by atoms with Crippen LogP contribution in [0.4, 0.5) is 13.2 Å². The topological polar surface area (TPSA) is 18.5 Å². The van der Waals surface area contributed by atoms with Gasteiger partial charge in [-0.2, -0.15) is 0 Å². The molecule has 0 bridgehead atoms. The minimum absolute atomic E-state index is 0.0471. The normalized spacial score (nSPS) is 16.7. The summed E-state index contributed by atoms with van der Waals surface area (Å²) in [7, 11) is 0. The first kappa shape index (κ1) is 14.8. The van der Waals surface area contributed by atoms with Crippen molar-refractivity contribution in [2.24, 2.45) is 0 Å². The van der Waals surface area contributed by atoms with Crippen LogP contribution in [-0.4, -0.2) is 12.5 Å². The van der Waals surface area contributed by atoms with Crippen LogP contribution in [0.1, 0.15) is 25.7 Å². The summed E-state index contributed by atoms with van der Waals surface area (Å²) in [5.74, 6) is -0.465. The predicted octanol–water partition coefficient (Wildman–Crippen LogP) is 5.32. The molecule has 0 amide bonds. The van der Waals surface area contributed by atoms with Gasteiger partial charge in [0.15, 0.2) is 11.5 Å². The van der Waals surface area contributed by atoms with Crippen LogP contribution in [0, 0.1) is 0 Å². The van der Waals surface area contributed by atoms with Gasteiger partial charge in [-0.1, -0.05) is 27.5 Å². The SMILES string of the molecule is FC(F)(F)Oc1cc(Br)cc(Cl)c1OC1CCCC1. The summed E-state index contributed by atoms with van der Waals surface area (Å²) in [6.07, 6.45) is -1.23. The molecule has 0 atom stereocenters. The Morgan fingerprint density at radius 1 is 1.21 bits per heavy atom. The zero-order chi connectivity index (χ0) is 14.0. The maximum atomic E-state index is 12.4. The maximum absolute atomic E-state index is 12.4. The number of ether oxygens (including phenoxy) is 2. The van der Waals surface area contributed by atoms with E-state index < -0.39 is 12.1 Å². The van der Waals surface area contributed by atoms with E-state index in [0.29, 0.717) is 4.47 Å². The summed E-state index contributed by atoms with van der Waals surface area (Å²) in [5, 5.41) is 0.0977. The first-order valence-electron chi connectivity index (χ1n) is 5.76. The molecule has 0 N–H and O–H groups in total. The molecule has 0 radical (unpaired) electrons. The van der Waals surface area contributed by atoms with Crippen LogP contribution in [0.25, 0.3) is 0 Å². The van der Waals surface area contributed by atoms with E-state index in [0.717, 1.165) is 25.7 Å². The molecular formula is C12H11BrClF3O2. The third-order valence-electron chi connectivity index (χ3n) is 2.79. The van der Waals surface area contributed by atoms with E-state index in [1.807, 2.05) is 0 Å². The molecule has 0 aliphatic heterocycles. The van der Waals surface area contributed by atoms with Crippen LogP contribution in [0.5, 0.6) is 11.5 Å². The molecule has 1 aromatic rings. The second-order valence-corrected chi connectivity index (χ2v) is 5.61. The third-order valence-corrected chi connectivity index (χ3v) is 3.53. The average molecular weight is 360 g/mol. The third kappa shape index (κ3) is 4.18. The number of rotatable bonds is 3. The number of alkyl halides is 3. The van der Waals surface area contributed by atoms with Crippen molar-refractivity contribution < 1.29 is 22.6 Å². The summed E-state index contributed by atoms with van der Waals surface area (Å²) >= 11 is 9.02. The minimum Gasteiger partial charge on any atom is -0.485 e. The molecule has 0 aromatic heterocycles. The van der Waals surface area contributed by atoms with E-state index in [1.165, 1.54) is 12.1 Å². The van der Waals surface area contributed by atoms with Gasteiger partial charge in [0, 0.05) is 4.47 Å². The van der Waals surface area contributed by atoms with Gasteiger partial charge >= 0.3 is 6.36 Å². The second-order valence-electron chi connectivity index (χ2n) is 4.29. The van der Waals surface area contributed by atoms with Crippen molar-refractivity contribution in [1.82, 2.24) is 0 Å². The van der Waals surface area contributed by atoms with Crippen molar-refractivity contribution in [2.75, 3.05) is 0 Å². The molecule has 2 rings (SSSR count). The van der Waals surface area contributed by atoms with Crippen molar-refractivity contribution in [3.63, 3.8) is 0 Å². The van der Waals surface area contributed by atoms with Gasteiger partial charge in [-0.05, 0) is 37.8 Å². The number of hydrogen-bond donors (Lipinski definition) is 0. The van der Waals surface area contributed by atoms with Gasteiger partial charge in [-0.25, -0.2) is 0 Å². The first-order valence-corrected chi connectivity index (χ1v) is 6.94. The molecule has 1 aliphatic rings. The maximum Gasteiger partial charge on any atom is 0.573 e. The highest BCUT2D eigenvalue weighted by Crippen LogP contribution is 2.42. The Balaban J connectivity index is 2.28. The monoisotopic (exact) mass is 358 g/mol. The summed E-state index contributed by atoms with van der Waals surface area (Å²) in [4.78, 5) is 0. The molecule has 1 aromatic carbocycles. The highest BCUT2D eigenvalue weighted by Gasteiger charge is 2.34. The first-order chi connectivity index (χ1) is 8.85. The van der Waals surface area contributed by atoms with Crippen LogP contribution < -0.4 is 9.47 Å². The Labute approximate surface area is 122 Å². The summed E-state index contributed by atoms with van der Waals surface area (Å²) in [5.41, 5.74) is 0. The Bertz CT molecular complexity index is 459. The van der Waals surface area contributed by atoms with Gasteiger partial charge in [-0.15, -0.1) is 13.2 Å². The van der Waals surface area contributed by atoms with E-state index in [2.05, 4.69) is 20.7 Å². The average Bonchev–Trinajstić information content (AvgIpc) is 2.73. The van der Waals surface area contributed by atoms with E-state index in [4.69, 9.17) is 16.3 Å². The summed E-state index contributed by atoms with van der Waals surface area (Å²) in [6, 6.07) is 2.68. The molecule has 0 spiro atoms. The molecule has 19 heavy (non-hydrogen) atoms. The Kier molecular flexibility index (Phi) is 4.50. The minimum atomic E-state index is -4.78. The van der Waals surface area contributed by atoms with Crippen molar-refractivity contribution in [3.05, 3.63) is 21.6 Å². The van der Waals surface area contributed by atoms with Crippen molar-refractivity contribution >= 4 is 27.5 Å². The highest BCUT2D eigenvalue weighted by molar-refractivity contribution is 9.10. The van der Waals surface area contributed by atoms with Crippen molar-refractivity contribution in [3.8, 4) is 11.5 Å². The lowest BCUT2D eigenvalue weighted by atomic mass is 10.3. The fourth-order valence-electron chi connectivity index (χ4n) is 2.02. The molecule has 1 saturated carbocycles. The quantitative estimate of drug-likeness (QED) is 0.727. The largest absolute Gasteiger partial charge is 0.573 e. The smallest absolute Gasteiger partial charge is 0.485 e. The fraction of sp³-hybridized carbons (Fsp3) is 0.500. The van der Waals surface area contributed by atoms with Crippen molar-refractivity contribution in [1.29, 1.82) is 0 Å². The number of hydrogen-bond acceptors (Lipinski definition) is 2. The van der Waals surface area contributed by atoms with Gasteiger partial charge in [0.2, 0.25) is 0 Å². The van der Waals surface area contributed by atoms with Gasteiger partial charge in [0.1, 0.15) is 0 Å². The van der Waals surface area contributed by atoms with Crippen LogP contribution in [0.2, 0.25) is 5.02 Å². The second kappa shape index (κ2) is 5.79. The molecule has 0 saturated heterocycles. The van der Waals surface area contributed by atoms with Gasteiger partial charge < -0.3 is 9.47 Å². The molecular weight excluding hydrogens is 348 g/mol. The van der Waals surface area contributed by atoms with Gasteiger partial charge in [0.25, 0.3) is 0 Å². The molecule has 7 heteroatoms. The van der Waals surface area contributed by atoms with Gasteiger partial charge in [0.05, 0.1) is 11.1 Å². The Morgan fingerprint density at radius 2 is 1.84 bits per heavy atom. The predicted molar refractivity (Wildman–Crippen MR) is 68.7 cm³/mol. The molecule has 1 aliphatic carbocycles. The van der Waals surface area contributed by atoms with Crippen molar-refractivity contribution in [2.45, 2.75) is 38.1 Å². The van der Waals surface area contributed by atoms with Gasteiger partial charge in [-0.3, -0.25) is 0 Å². The van der Waals surface area contributed by atoms with Crippen LogP contribution in [0.15, 0.2) is 16.6 Å². The van der Waals surface area contributed by atoms with E-state index in [9.17, 15) is 13.2 Å². The molecule has 0 heterocycles. The lowest BCUT2D eigenvalue weighted by Crippen LogP contribution is -2.19. The zero-order valence-corrected chi connectivity index (χ0v) is 12.1. The Hall–Kier alpha value is -0.620. The van der Waals surface area contributed by atoms with Crippen LogP contribution >= 0.6 is 27.5 Å². The van der Waals surface area contributed by atoms with E-state index >= 15 is 0 Å². The fourth-order valence-corrected chi connectivity index (χ4v) is 2.85. The number of benzene rings is 1. The zero-order valence-electron chi connectivity index (χ0n) is 9.77. The highest BCUT2D eigenvalue weighted by atomic mass is 79.9. The summed E-state index contributed by atoms with van der Waals surface area (Å²) < 4.78 is 47.0. The molecule has 106 valence electrons.